The quantitative estimate of drug-likeness (QED) is 0.448. The van der Waals surface area contributed by atoms with Gasteiger partial charge in [0.2, 0.25) is 17.7 Å². The van der Waals surface area contributed by atoms with E-state index in [-0.39, 0.29) is 55.1 Å². The number of amides is 4. The maximum absolute atomic E-state index is 13.2. The van der Waals surface area contributed by atoms with E-state index in [1.54, 1.807) is 36.4 Å². The lowest BCUT2D eigenvalue weighted by atomic mass is 10.0. The van der Waals surface area contributed by atoms with Gasteiger partial charge in [-0.15, -0.1) is 0 Å². The highest BCUT2D eigenvalue weighted by Gasteiger charge is 2.26. The molecule has 2 aromatic rings. The van der Waals surface area contributed by atoms with Crippen LogP contribution in [-0.2, 0) is 20.8 Å². The molecular formula is C29H37FN4O5. The number of hydrogen-bond acceptors (Lipinski definition) is 5. The molecule has 4 amide bonds. The molecule has 2 atom stereocenters. The Hall–Kier alpha value is -3.95. The molecular weight excluding hydrogens is 503 g/mol. The number of rotatable bonds is 6. The van der Waals surface area contributed by atoms with Gasteiger partial charge in [-0.1, -0.05) is 38.1 Å². The van der Waals surface area contributed by atoms with Gasteiger partial charge in [0.05, 0.1) is 12.2 Å². The number of para-hydroxylation sites is 1. The first kappa shape index (κ1) is 29.6. The molecule has 0 saturated carbocycles. The van der Waals surface area contributed by atoms with Crippen molar-refractivity contribution in [3.05, 3.63) is 65.5 Å². The summed E-state index contributed by atoms with van der Waals surface area (Å²) in [6.07, 6.45) is 1.39. The third kappa shape index (κ3) is 9.70. The number of ether oxygens (including phenoxy) is 1. The average Bonchev–Trinajstić information content (AvgIpc) is 2.90. The summed E-state index contributed by atoms with van der Waals surface area (Å²) in [6, 6.07) is 11.0. The van der Waals surface area contributed by atoms with E-state index in [1.165, 1.54) is 12.1 Å². The van der Waals surface area contributed by atoms with Crippen LogP contribution in [0.4, 0.5) is 4.39 Å². The molecule has 0 fully saturated rings. The Kier molecular flexibility index (Phi) is 11.3. The number of nitrogens with one attached hydrogen (secondary N) is 4. The maximum Gasteiger partial charge on any atom is 0.255 e. The second kappa shape index (κ2) is 14.8. The summed E-state index contributed by atoms with van der Waals surface area (Å²) >= 11 is 0. The van der Waals surface area contributed by atoms with Crippen LogP contribution in [0.3, 0.4) is 0 Å². The van der Waals surface area contributed by atoms with E-state index in [0.29, 0.717) is 31.6 Å². The summed E-state index contributed by atoms with van der Waals surface area (Å²) in [5.41, 5.74) is 1.11. The number of benzene rings is 2. The molecule has 0 radical (unpaired) electrons. The van der Waals surface area contributed by atoms with Gasteiger partial charge in [-0.25, -0.2) is 4.39 Å². The van der Waals surface area contributed by atoms with Gasteiger partial charge < -0.3 is 26.0 Å². The van der Waals surface area contributed by atoms with E-state index in [2.05, 4.69) is 21.3 Å². The van der Waals surface area contributed by atoms with Gasteiger partial charge in [0.15, 0.2) is 0 Å². The van der Waals surface area contributed by atoms with Gasteiger partial charge in [0.25, 0.3) is 5.91 Å². The van der Waals surface area contributed by atoms with Crippen LogP contribution in [0.5, 0.6) is 5.75 Å². The van der Waals surface area contributed by atoms with Crippen molar-refractivity contribution < 1.29 is 28.3 Å². The fourth-order valence-electron chi connectivity index (χ4n) is 4.22. The maximum atomic E-state index is 13.2. The molecule has 4 N–H and O–H groups in total. The Morgan fingerprint density at radius 2 is 1.82 bits per heavy atom. The topological polar surface area (TPSA) is 126 Å². The zero-order chi connectivity index (χ0) is 28.2. The van der Waals surface area contributed by atoms with Gasteiger partial charge in [0.1, 0.15) is 23.7 Å². The standard InChI is InChI=1S/C29H37FN4O5/c1-19(2)18-24-29(38)31-15-5-17-39-25-7-4-3-6-22(25)27(36)34-23(12-13-26(35)33-24)28(37)32-16-14-20-8-10-21(30)11-9-20/h3-4,6-11,19,23-24H,5,12-18H2,1-2H3,(H,31,38)(H,32,37)(H,33,35)(H,34,36)/t23-,24-/m0/s1. The SMILES string of the molecule is CC(C)C[C@@H]1NC(=O)CC[C@@H](C(=O)NCCc2ccc(F)cc2)NC(=O)c2ccccc2OCCCNC1=O. The Labute approximate surface area is 228 Å². The van der Waals surface area contributed by atoms with Crippen molar-refractivity contribution in [2.24, 2.45) is 5.92 Å². The van der Waals surface area contributed by atoms with Crippen molar-refractivity contribution in [1.82, 2.24) is 21.3 Å². The molecule has 1 aliphatic rings. The minimum absolute atomic E-state index is 0.0268. The van der Waals surface area contributed by atoms with Crippen molar-refractivity contribution in [2.45, 2.75) is 58.0 Å². The minimum Gasteiger partial charge on any atom is -0.493 e. The zero-order valence-corrected chi connectivity index (χ0v) is 22.4. The van der Waals surface area contributed by atoms with E-state index < -0.39 is 23.9 Å². The number of fused-ring (bicyclic) bond motifs is 1. The second-order valence-electron chi connectivity index (χ2n) is 9.97. The van der Waals surface area contributed by atoms with E-state index in [9.17, 15) is 23.6 Å². The molecule has 3 rings (SSSR count). The van der Waals surface area contributed by atoms with Crippen molar-refractivity contribution in [3.8, 4) is 5.75 Å². The summed E-state index contributed by atoms with van der Waals surface area (Å²) < 4.78 is 19.0. The molecule has 2 aromatic carbocycles. The third-order valence-corrected chi connectivity index (χ3v) is 6.28. The first-order valence-electron chi connectivity index (χ1n) is 13.3. The summed E-state index contributed by atoms with van der Waals surface area (Å²) in [4.78, 5) is 51.8. The predicted molar refractivity (Wildman–Crippen MR) is 145 cm³/mol. The fourth-order valence-corrected chi connectivity index (χ4v) is 4.22. The van der Waals surface area contributed by atoms with Crippen LogP contribution in [0.2, 0.25) is 0 Å². The summed E-state index contributed by atoms with van der Waals surface area (Å²) in [7, 11) is 0. The summed E-state index contributed by atoms with van der Waals surface area (Å²) in [5, 5.41) is 11.2. The number of hydrogen-bond donors (Lipinski definition) is 4. The van der Waals surface area contributed by atoms with E-state index in [4.69, 9.17) is 4.74 Å². The molecule has 1 heterocycles. The largest absolute Gasteiger partial charge is 0.493 e. The lowest BCUT2D eigenvalue weighted by molar-refractivity contribution is -0.129. The molecule has 9 nitrogen and oxygen atoms in total. The Morgan fingerprint density at radius 1 is 1.08 bits per heavy atom. The number of halogens is 1. The van der Waals surface area contributed by atoms with Crippen molar-refractivity contribution in [3.63, 3.8) is 0 Å². The Balaban J connectivity index is 1.75. The van der Waals surface area contributed by atoms with Crippen LogP contribution in [0, 0.1) is 11.7 Å². The monoisotopic (exact) mass is 540 g/mol. The summed E-state index contributed by atoms with van der Waals surface area (Å²) in [6.45, 7) is 4.81. The molecule has 0 unspecified atom stereocenters. The second-order valence-corrected chi connectivity index (χ2v) is 9.97. The highest BCUT2D eigenvalue weighted by atomic mass is 19.1. The Morgan fingerprint density at radius 3 is 2.56 bits per heavy atom. The average molecular weight is 541 g/mol. The molecule has 0 bridgehead atoms. The Bertz CT molecular complexity index is 1140. The van der Waals surface area contributed by atoms with Crippen LogP contribution in [-0.4, -0.2) is 55.4 Å². The molecule has 10 heteroatoms. The van der Waals surface area contributed by atoms with Gasteiger partial charge in [-0.2, -0.15) is 0 Å². The van der Waals surface area contributed by atoms with Crippen LogP contribution < -0.4 is 26.0 Å². The predicted octanol–water partition coefficient (Wildman–Crippen LogP) is 2.49. The van der Waals surface area contributed by atoms with E-state index in [0.717, 1.165) is 5.56 Å². The molecule has 0 aromatic heterocycles. The normalized spacial score (nSPS) is 19.2. The zero-order valence-electron chi connectivity index (χ0n) is 22.4. The summed E-state index contributed by atoms with van der Waals surface area (Å²) in [5.74, 6) is -1.41. The molecule has 0 aliphatic carbocycles. The van der Waals surface area contributed by atoms with Gasteiger partial charge in [0, 0.05) is 19.5 Å². The van der Waals surface area contributed by atoms with Gasteiger partial charge >= 0.3 is 0 Å². The first-order chi connectivity index (χ1) is 18.7. The lowest BCUT2D eigenvalue weighted by Crippen LogP contribution is -2.50. The van der Waals surface area contributed by atoms with Gasteiger partial charge in [-0.3, -0.25) is 19.2 Å². The molecule has 1 aliphatic heterocycles. The minimum atomic E-state index is -1.00. The van der Waals surface area contributed by atoms with Crippen LogP contribution in [0.1, 0.15) is 55.5 Å². The fraction of sp³-hybridized carbons (Fsp3) is 0.448. The molecule has 39 heavy (non-hydrogen) atoms. The van der Waals surface area contributed by atoms with Crippen molar-refractivity contribution in [2.75, 3.05) is 19.7 Å². The van der Waals surface area contributed by atoms with Gasteiger partial charge in [-0.05, 0) is 61.4 Å². The number of carbonyl (C=O) groups is 4. The van der Waals surface area contributed by atoms with Crippen LogP contribution >= 0.6 is 0 Å². The lowest BCUT2D eigenvalue weighted by Gasteiger charge is -2.22. The molecule has 210 valence electrons. The highest BCUT2D eigenvalue weighted by molar-refractivity contribution is 5.99. The van der Waals surface area contributed by atoms with E-state index >= 15 is 0 Å². The van der Waals surface area contributed by atoms with E-state index in [1.807, 2.05) is 13.8 Å². The highest BCUT2D eigenvalue weighted by Crippen LogP contribution is 2.19. The smallest absolute Gasteiger partial charge is 0.255 e. The van der Waals surface area contributed by atoms with Crippen molar-refractivity contribution in [1.29, 1.82) is 0 Å². The first-order valence-corrected chi connectivity index (χ1v) is 13.3. The molecule has 0 spiro atoms. The van der Waals surface area contributed by atoms with Crippen LogP contribution in [0.15, 0.2) is 48.5 Å². The van der Waals surface area contributed by atoms with Crippen molar-refractivity contribution >= 4 is 23.6 Å². The molecule has 0 saturated heterocycles. The third-order valence-electron chi connectivity index (χ3n) is 6.28. The number of carbonyl (C=O) groups excluding carboxylic acids is 4. The van der Waals surface area contributed by atoms with Crippen LogP contribution in [0.25, 0.3) is 0 Å².